The van der Waals surface area contributed by atoms with Crippen LogP contribution >= 0.6 is 15.9 Å². The van der Waals surface area contributed by atoms with Gasteiger partial charge in [-0.2, -0.15) is 0 Å². The average molecular weight is 400 g/mol. The molecule has 0 saturated carbocycles. The summed E-state index contributed by atoms with van der Waals surface area (Å²) in [6.07, 6.45) is 3.45. The van der Waals surface area contributed by atoms with Gasteiger partial charge in [0.15, 0.2) is 0 Å². The van der Waals surface area contributed by atoms with E-state index in [1.165, 1.54) is 28.8 Å². The maximum absolute atomic E-state index is 5.17. The molecule has 0 spiro atoms. The number of fused-ring (bicyclic) bond motifs is 3. The maximum Gasteiger partial charge on any atom is 0.106 e. The molecule has 2 aromatic heterocycles. The zero-order valence-corrected chi connectivity index (χ0v) is 15.9. The molecule has 0 aliphatic heterocycles. The number of hydrogen-bond donors (Lipinski definition) is 2. The molecular weight excluding hydrogens is 378 g/mol. The lowest BCUT2D eigenvalue weighted by molar-refractivity contribution is 0.185. The Morgan fingerprint density at radius 2 is 2.00 bits per heavy atom. The number of benzene rings is 1. The number of nitrogens with one attached hydrogen (secondary N) is 2. The Hall–Kier alpha value is -1.69. The lowest BCUT2D eigenvalue weighted by Crippen LogP contribution is -2.24. The second-order valence-corrected chi connectivity index (χ2v) is 7.44. The SMILES string of the molecule is COCc1ccc(CN[C@@H]2CCCc3c2[nH]c2ccc(Br)nc32)cc1. The summed E-state index contributed by atoms with van der Waals surface area (Å²) in [5, 5.41) is 3.72. The van der Waals surface area contributed by atoms with Crippen LogP contribution < -0.4 is 5.32 Å². The molecule has 0 bridgehead atoms. The van der Waals surface area contributed by atoms with Gasteiger partial charge in [-0.05, 0) is 58.5 Å². The van der Waals surface area contributed by atoms with Crippen molar-refractivity contribution in [2.24, 2.45) is 0 Å². The Labute approximate surface area is 156 Å². The fourth-order valence-corrected chi connectivity index (χ4v) is 3.97. The van der Waals surface area contributed by atoms with Crippen molar-refractivity contribution in [1.29, 1.82) is 0 Å². The van der Waals surface area contributed by atoms with Gasteiger partial charge in [0.25, 0.3) is 0 Å². The fourth-order valence-electron chi connectivity index (χ4n) is 3.66. The quantitative estimate of drug-likeness (QED) is 0.614. The van der Waals surface area contributed by atoms with Crippen molar-refractivity contribution in [3.05, 3.63) is 63.4 Å². The Bertz CT molecular complexity index is 873. The van der Waals surface area contributed by atoms with Crippen LogP contribution in [0.15, 0.2) is 41.0 Å². The third-order valence-corrected chi connectivity index (χ3v) is 5.34. The van der Waals surface area contributed by atoms with Gasteiger partial charge < -0.3 is 15.0 Å². The van der Waals surface area contributed by atoms with Crippen LogP contribution in [0.2, 0.25) is 0 Å². The predicted molar refractivity (Wildman–Crippen MR) is 103 cm³/mol. The monoisotopic (exact) mass is 399 g/mol. The van der Waals surface area contributed by atoms with E-state index in [1.54, 1.807) is 7.11 Å². The molecule has 0 fully saturated rings. The first-order valence-electron chi connectivity index (χ1n) is 8.71. The standard InChI is InChI=1S/C20H22BrN3O/c1-25-12-14-7-5-13(6-8-14)11-22-16-4-2-3-15-19(16)23-17-9-10-18(21)24-20(15)17/h5-10,16,22-23H,2-4,11-12H2,1H3/t16-/m1/s1. The lowest BCUT2D eigenvalue weighted by atomic mass is 9.92. The van der Waals surface area contributed by atoms with Crippen LogP contribution in [-0.4, -0.2) is 17.1 Å². The zero-order chi connectivity index (χ0) is 17.2. The minimum absolute atomic E-state index is 0.357. The van der Waals surface area contributed by atoms with Crippen LogP contribution in [0.3, 0.4) is 0 Å². The van der Waals surface area contributed by atoms with E-state index in [-0.39, 0.29) is 0 Å². The van der Waals surface area contributed by atoms with Gasteiger partial charge in [0.2, 0.25) is 0 Å². The van der Waals surface area contributed by atoms with Gasteiger partial charge in [0.05, 0.1) is 17.6 Å². The molecule has 1 aliphatic rings. The fraction of sp³-hybridized carbons (Fsp3) is 0.350. The van der Waals surface area contributed by atoms with Gasteiger partial charge in [-0.3, -0.25) is 0 Å². The van der Waals surface area contributed by atoms with Crippen molar-refractivity contribution in [2.45, 2.75) is 38.5 Å². The summed E-state index contributed by atoms with van der Waals surface area (Å²) in [5.41, 5.74) is 7.42. The highest BCUT2D eigenvalue weighted by Gasteiger charge is 2.24. The number of hydrogen-bond acceptors (Lipinski definition) is 3. The van der Waals surface area contributed by atoms with E-state index in [4.69, 9.17) is 4.74 Å². The summed E-state index contributed by atoms with van der Waals surface area (Å²) in [4.78, 5) is 8.27. The number of pyridine rings is 1. The Kier molecular flexibility index (Phi) is 4.88. The van der Waals surface area contributed by atoms with E-state index < -0.39 is 0 Å². The molecule has 1 aromatic carbocycles. The van der Waals surface area contributed by atoms with Crippen molar-refractivity contribution in [1.82, 2.24) is 15.3 Å². The Morgan fingerprint density at radius 1 is 1.20 bits per heavy atom. The molecule has 130 valence electrons. The second-order valence-electron chi connectivity index (χ2n) is 6.62. The van der Waals surface area contributed by atoms with Crippen LogP contribution in [-0.2, 0) is 24.3 Å². The number of nitrogens with zero attached hydrogens (tertiary/aromatic N) is 1. The molecule has 0 saturated heterocycles. The smallest absolute Gasteiger partial charge is 0.106 e. The summed E-state index contributed by atoms with van der Waals surface area (Å²) in [6.45, 7) is 1.53. The molecular formula is C20H22BrN3O. The highest BCUT2D eigenvalue weighted by atomic mass is 79.9. The number of halogens is 1. The minimum atomic E-state index is 0.357. The summed E-state index contributed by atoms with van der Waals surface area (Å²) in [5.74, 6) is 0. The molecule has 25 heavy (non-hydrogen) atoms. The van der Waals surface area contributed by atoms with E-state index in [1.807, 2.05) is 6.07 Å². The molecule has 4 rings (SSSR count). The lowest BCUT2D eigenvalue weighted by Gasteiger charge is -2.23. The first-order valence-corrected chi connectivity index (χ1v) is 9.51. The molecule has 1 atom stereocenters. The highest BCUT2D eigenvalue weighted by molar-refractivity contribution is 9.10. The Morgan fingerprint density at radius 3 is 2.80 bits per heavy atom. The zero-order valence-electron chi connectivity index (χ0n) is 14.3. The number of methoxy groups -OCH3 is 1. The molecule has 0 radical (unpaired) electrons. The first-order chi connectivity index (χ1) is 12.2. The molecule has 2 N–H and O–H groups in total. The average Bonchev–Trinajstić information content (AvgIpc) is 3.00. The molecule has 2 heterocycles. The number of rotatable bonds is 5. The van der Waals surface area contributed by atoms with E-state index in [0.717, 1.165) is 35.0 Å². The molecule has 3 aromatic rings. The van der Waals surface area contributed by atoms with Crippen LogP contribution in [0.1, 0.15) is 41.3 Å². The van der Waals surface area contributed by atoms with Crippen LogP contribution in [0.25, 0.3) is 11.0 Å². The van der Waals surface area contributed by atoms with Crippen molar-refractivity contribution < 1.29 is 4.74 Å². The first kappa shape index (κ1) is 16.8. The van der Waals surface area contributed by atoms with Crippen LogP contribution in [0, 0.1) is 0 Å². The normalized spacial score (nSPS) is 17.0. The van der Waals surface area contributed by atoms with Gasteiger partial charge >= 0.3 is 0 Å². The Balaban J connectivity index is 1.52. The topological polar surface area (TPSA) is 49.9 Å². The van der Waals surface area contributed by atoms with Crippen LogP contribution in [0.4, 0.5) is 0 Å². The van der Waals surface area contributed by atoms with E-state index >= 15 is 0 Å². The van der Waals surface area contributed by atoms with Crippen LogP contribution in [0.5, 0.6) is 0 Å². The van der Waals surface area contributed by atoms with Crippen molar-refractivity contribution in [3.63, 3.8) is 0 Å². The highest BCUT2D eigenvalue weighted by Crippen LogP contribution is 2.34. The maximum atomic E-state index is 5.17. The van der Waals surface area contributed by atoms with Gasteiger partial charge in [-0.25, -0.2) is 4.98 Å². The van der Waals surface area contributed by atoms with Crippen molar-refractivity contribution in [2.75, 3.05) is 7.11 Å². The summed E-state index contributed by atoms with van der Waals surface area (Å²) in [6, 6.07) is 13.1. The van der Waals surface area contributed by atoms with Gasteiger partial charge in [-0.15, -0.1) is 0 Å². The number of aromatic amines is 1. The van der Waals surface area contributed by atoms with E-state index in [2.05, 4.69) is 61.5 Å². The van der Waals surface area contributed by atoms with E-state index in [9.17, 15) is 0 Å². The predicted octanol–water partition coefficient (Wildman–Crippen LogP) is 4.64. The molecule has 0 unspecified atom stereocenters. The summed E-state index contributed by atoms with van der Waals surface area (Å²) >= 11 is 3.49. The van der Waals surface area contributed by atoms with E-state index in [0.29, 0.717) is 12.6 Å². The van der Waals surface area contributed by atoms with Gasteiger partial charge in [0.1, 0.15) is 4.60 Å². The van der Waals surface area contributed by atoms with Crippen molar-refractivity contribution in [3.8, 4) is 0 Å². The molecule has 4 nitrogen and oxygen atoms in total. The second kappa shape index (κ2) is 7.28. The van der Waals surface area contributed by atoms with Gasteiger partial charge in [-0.1, -0.05) is 24.3 Å². The summed E-state index contributed by atoms with van der Waals surface area (Å²) in [7, 11) is 1.73. The number of aromatic nitrogens is 2. The summed E-state index contributed by atoms with van der Waals surface area (Å²) < 4.78 is 6.07. The number of H-pyrrole nitrogens is 1. The third kappa shape index (κ3) is 3.50. The van der Waals surface area contributed by atoms with Crippen molar-refractivity contribution >= 4 is 27.0 Å². The largest absolute Gasteiger partial charge is 0.380 e. The van der Waals surface area contributed by atoms with Gasteiger partial charge in [0, 0.05) is 31.0 Å². The molecule has 0 amide bonds. The number of aryl methyl sites for hydroxylation is 1. The number of ether oxygens (including phenoxy) is 1. The molecule has 1 aliphatic carbocycles. The third-order valence-electron chi connectivity index (χ3n) is 4.90. The minimum Gasteiger partial charge on any atom is -0.380 e. The molecule has 5 heteroatoms.